The minimum absolute atomic E-state index is 0.00412. The van der Waals surface area contributed by atoms with Gasteiger partial charge in [-0.2, -0.15) is 4.31 Å². The number of carbonyl (C=O) groups is 2. The van der Waals surface area contributed by atoms with E-state index in [-0.39, 0.29) is 29.2 Å². The third-order valence-corrected chi connectivity index (χ3v) is 8.48. The third-order valence-electron chi connectivity index (χ3n) is 6.61. The monoisotopic (exact) mass is 456 g/mol. The zero-order valence-corrected chi connectivity index (χ0v) is 19.1. The van der Waals surface area contributed by atoms with Crippen molar-refractivity contribution in [3.05, 3.63) is 60.4 Å². The minimum atomic E-state index is -3.85. The Kier molecular flexibility index (Phi) is 6.05. The van der Waals surface area contributed by atoms with Crippen LogP contribution in [0.3, 0.4) is 0 Å². The average molecular weight is 457 g/mol. The van der Waals surface area contributed by atoms with Crippen LogP contribution in [-0.2, 0) is 26.0 Å². The number of likely N-dealkylation sites (N-methyl/N-ethyl adjacent to an activating group) is 2. The molecule has 4 rings (SSSR count). The summed E-state index contributed by atoms with van der Waals surface area (Å²) < 4.78 is 27.9. The number of hydrogen-bond acceptors (Lipinski definition) is 5. The van der Waals surface area contributed by atoms with Crippen LogP contribution in [0, 0.1) is 11.3 Å². The lowest BCUT2D eigenvalue weighted by molar-refractivity contribution is -0.132. The lowest BCUT2D eigenvalue weighted by Crippen LogP contribution is -2.44. The Morgan fingerprint density at radius 1 is 1.16 bits per heavy atom. The fraction of sp³-hybridized carbons (Fsp3) is 0.435. The SMILES string of the molecule is CNC(=O)[C@@H]1C[C@@]2(C[C@@H]2C(=O)N(C)CCc2ccccn2)CN1S(=O)(=O)c1ccccc1. The highest BCUT2D eigenvalue weighted by atomic mass is 32.2. The molecule has 1 N–H and O–H groups in total. The van der Waals surface area contributed by atoms with Crippen LogP contribution >= 0.6 is 0 Å². The van der Waals surface area contributed by atoms with Crippen LogP contribution in [0.4, 0.5) is 0 Å². The Morgan fingerprint density at radius 3 is 2.53 bits per heavy atom. The predicted molar refractivity (Wildman–Crippen MR) is 119 cm³/mol. The average Bonchev–Trinajstić information content (AvgIpc) is 3.37. The molecule has 0 bridgehead atoms. The summed E-state index contributed by atoms with van der Waals surface area (Å²) in [5.74, 6) is -0.627. The molecular weight excluding hydrogens is 428 g/mol. The summed E-state index contributed by atoms with van der Waals surface area (Å²) >= 11 is 0. The van der Waals surface area contributed by atoms with Gasteiger partial charge in [-0.1, -0.05) is 24.3 Å². The number of amides is 2. The van der Waals surface area contributed by atoms with Gasteiger partial charge in [0.25, 0.3) is 0 Å². The molecule has 32 heavy (non-hydrogen) atoms. The van der Waals surface area contributed by atoms with Crippen molar-refractivity contribution in [3.63, 3.8) is 0 Å². The highest BCUT2D eigenvalue weighted by Gasteiger charge is 2.66. The standard InChI is InChI=1S/C23H28N4O4S/c1-24-21(28)20-15-23(16-27(20)32(30,31)18-9-4-3-5-10-18)14-19(23)22(29)26(2)13-11-17-8-6-7-12-25-17/h3-10,12,19-20H,11,13-16H2,1-2H3,(H,24,28)/t19-,20+,23+/m1/s1. The molecule has 9 heteroatoms. The van der Waals surface area contributed by atoms with E-state index >= 15 is 0 Å². The smallest absolute Gasteiger partial charge is 0.243 e. The summed E-state index contributed by atoms with van der Waals surface area (Å²) in [4.78, 5) is 31.8. The number of sulfonamides is 1. The molecule has 2 aliphatic rings. The van der Waals surface area contributed by atoms with E-state index < -0.39 is 21.5 Å². The van der Waals surface area contributed by atoms with Crippen molar-refractivity contribution in [3.8, 4) is 0 Å². The second kappa shape index (κ2) is 8.63. The number of rotatable bonds is 7. The van der Waals surface area contributed by atoms with E-state index in [1.807, 2.05) is 18.2 Å². The van der Waals surface area contributed by atoms with Gasteiger partial charge in [0.2, 0.25) is 21.8 Å². The highest BCUT2D eigenvalue weighted by Crippen LogP contribution is 2.61. The van der Waals surface area contributed by atoms with Gasteiger partial charge in [0.15, 0.2) is 0 Å². The van der Waals surface area contributed by atoms with Crippen LogP contribution in [0.15, 0.2) is 59.6 Å². The van der Waals surface area contributed by atoms with Crippen LogP contribution < -0.4 is 5.32 Å². The molecule has 2 heterocycles. The fourth-order valence-electron chi connectivity index (χ4n) is 4.64. The summed E-state index contributed by atoms with van der Waals surface area (Å²) in [5, 5.41) is 2.58. The van der Waals surface area contributed by atoms with Gasteiger partial charge in [0, 0.05) is 51.4 Å². The summed E-state index contributed by atoms with van der Waals surface area (Å²) in [6.45, 7) is 0.708. The largest absolute Gasteiger partial charge is 0.358 e. The number of pyridine rings is 1. The van der Waals surface area contributed by atoms with E-state index in [1.165, 1.54) is 23.5 Å². The van der Waals surface area contributed by atoms with Gasteiger partial charge in [-0.3, -0.25) is 14.6 Å². The molecule has 8 nitrogen and oxygen atoms in total. The highest BCUT2D eigenvalue weighted by molar-refractivity contribution is 7.89. The molecule has 1 saturated carbocycles. The van der Waals surface area contributed by atoms with Gasteiger partial charge in [0.1, 0.15) is 6.04 Å². The molecule has 0 radical (unpaired) electrons. The van der Waals surface area contributed by atoms with Crippen molar-refractivity contribution in [1.82, 2.24) is 19.5 Å². The van der Waals surface area contributed by atoms with Crippen LogP contribution in [0.2, 0.25) is 0 Å². The second-order valence-corrected chi connectivity index (χ2v) is 10.5. The van der Waals surface area contributed by atoms with Crippen LogP contribution in [0.5, 0.6) is 0 Å². The maximum Gasteiger partial charge on any atom is 0.243 e. The first-order valence-corrected chi connectivity index (χ1v) is 12.2. The fourth-order valence-corrected chi connectivity index (χ4v) is 6.35. The number of nitrogens with zero attached hydrogens (tertiary/aromatic N) is 3. The topological polar surface area (TPSA) is 99.7 Å². The van der Waals surface area contributed by atoms with Crippen molar-refractivity contribution < 1.29 is 18.0 Å². The van der Waals surface area contributed by atoms with Gasteiger partial charge in [0.05, 0.1) is 4.90 Å². The molecule has 1 spiro atoms. The number of hydrogen-bond donors (Lipinski definition) is 1. The molecule has 1 aromatic heterocycles. The Balaban J connectivity index is 1.49. The summed E-state index contributed by atoms with van der Waals surface area (Å²) in [6.07, 6.45) is 3.32. The first-order valence-electron chi connectivity index (χ1n) is 10.7. The van der Waals surface area contributed by atoms with Gasteiger partial charge >= 0.3 is 0 Å². The first-order chi connectivity index (χ1) is 15.3. The molecule has 2 aromatic rings. The Morgan fingerprint density at radius 2 is 1.88 bits per heavy atom. The second-order valence-electron chi connectivity index (χ2n) is 8.65. The third kappa shape index (κ3) is 4.14. The lowest BCUT2D eigenvalue weighted by atomic mass is 9.99. The van der Waals surface area contributed by atoms with Gasteiger partial charge in [-0.05, 0) is 42.5 Å². The molecule has 3 atom stereocenters. The molecule has 2 amide bonds. The van der Waals surface area contributed by atoms with E-state index in [1.54, 1.807) is 36.3 Å². The quantitative estimate of drug-likeness (QED) is 0.677. The Labute approximate surface area is 188 Å². The molecule has 0 unspecified atom stereocenters. The predicted octanol–water partition coefficient (Wildman–Crippen LogP) is 1.30. The molecular formula is C23H28N4O4S. The zero-order chi connectivity index (χ0) is 22.9. The molecule has 1 aliphatic carbocycles. The van der Waals surface area contributed by atoms with Crippen molar-refractivity contribution in [2.24, 2.45) is 11.3 Å². The number of carbonyl (C=O) groups excluding carboxylic acids is 2. The molecule has 1 aliphatic heterocycles. The van der Waals surface area contributed by atoms with Crippen molar-refractivity contribution in [1.29, 1.82) is 0 Å². The molecule has 2 fully saturated rings. The van der Waals surface area contributed by atoms with E-state index in [0.29, 0.717) is 25.8 Å². The number of aromatic nitrogens is 1. The van der Waals surface area contributed by atoms with Crippen molar-refractivity contribution in [2.45, 2.75) is 30.2 Å². The van der Waals surface area contributed by atoms with Gasteiger partial charge < -0.3 is 10.2 Å². The van der Waals surface area contributed by atoms with Crippen LogP contribution in [0.25, 0.3) is 0 Å². The maximum atomic E-state index is 13.3. The maximum absolute atomic E-state index is 13.3. The molecule has 1 aromatic carbocycles. The van der Waals surface area contributed by atoms with E-state index in [9.17, 15) is 18.0 Å². The van der Waals surface area contributed by atoms with E-state index in [4.69, 9.17) is 0 Å². The van der Waals surface area contributed by atoms with Crippen LogP contribution in [-0.4, -0.2) is 67.6 Å². The summed E-state index contributed by atoms with van der Waals surface area (Å²) in [6, 6.07) is 13.0. The van der Waals surface area contributed by atoms with Gasteiger partial charge in [-0.15, -0.1) is 0 Å². The Hall–Kier alpha value is -2.78. The van der Waals surface area contributed by atoms with Crippen molar-refractivity contribution >= 4 is 21.8 Å². The van der Waals surface area contributed by atoms with E-state index in [0.717, 1.165) is 5.69 Å². The Bertz CT molecular complexity index is 1090. The van der Waals surface area contributed by atoms with Crippen LogP contribution in [0.1, 0.15) is 18.5 Å². The normalized spacial score (nSPS) is 24.9. The lowest BCUT2D eigenvalue weighted by Gasteiger charge is -2.22. The number of benzene rings is 1. The summed E-state index contributed by atoms with van der Waals surface area (Å²) in [5.41, 5.74) is 0.424. The van der Waals surface area contributed by atoms with Crippen molar-refractivity contribution in [2.75, 3.05) is 27.2 Å². The molecule has 1 saturated heterocycles. The molecule has 170 valence electrons. The van der Waals surface area contributed by atoms with Gasteiger partial charge in [-0.25, -0.2) is 8.42 Å². The zero-order valence-electron chi connectivity index (χ0n) is 18.3. The minimum Gasteiger partial charge on any atom is -0.358 e. The first kappa shape index (κ1) is 22.4. The number of nitrogens with one attached hydrogen (secondary N) is 1. The van der Waals surface area contributed by atoms with E-state index in [2.05, 4.69) is 10.3 Å². The summed E-state index contributed by atoms with van der Waals surface area (Å²) in [7, 11) is -0.584.